The second-order valence-corrected chi connectivity index (χ2v) is 6.36. The molecule has 1 saturated carbocycles. The van der Waals surface area contributed by atoms with Crippen LogP contribution in [-0.2, 0) is 13.0 Å². The summed E-state index contributed by atoms with van der Waals surface area (Å²) in [5, 5.41) is 6.91. The Labute approximate surface area is 146 Å². The molecule has 1 amide bonds. The van der Waals surface area contributed by atoms with Crippen LogP contribution in [0.1, 0.15) is 54.7 Å². The fourth-order valence-electron chi connectivity index (χ4n) is 2.88. The normalized spacial score (nSPS) is 20.2. The molecule has 0 radical (unpaired) electrons. The first-order chi connectivity index (χ1) is 12.1. The molecule has 0 saturated heterocycles. The van der Waals surface area contributed by atoms with Gasteiger partial charge in [0.25, 0.3) is 5.91 Å². The minimum absolute atomic E-state index is 0.0576. The molecule has 3 rings (SSSR count). The molecule has 7 nitrogen and oxygen atoms in total. The molecule has 2 aromatic rings. The van der Waals surface area contributed by atoms with Crippen LogP contribution in [0.25, 0.3) is 0 Å². The van der Waals surface area contributed by atoms with E-state index in [1.165, 1.54) is 0 Å². The number of hydrogen-bond acceptors (Lipinski definition) is 6. The lowest BCUT2D eigenvalue weighted by atomic mass is 9.91. The highest BCUT2D eigenvalue weighted by atomic mass is 16.5. The fourth-order valence-corrected chi connectivity index (χ4v) is 2.88. The Morgan fingerprint density at radius 1 is 1.28 bits per heavy atom. The Bertz CT molecular complexity index is 691. The molecular formula is C18H24N4O3. The molecule has 0 spiro atoms. The molecule has 0 bridgehead atoms. The van der Waals surface area contributed by atoms with Crippen molar-refractivity contribution in [1.29, 1.82) is 0 Å². The van der Waals surface area contributed by atoms with Crippen molar-refractivity contribution in [3.63, 3.8) is 0 Å². The highest BCUT2D eigenvalue weighted by Crippen LogP contribution is 2.18. The number of carbonyl (C=O) groups excluding carboxylic acids is 1. The van der Waals surface area contributed by atoms with Gasteiger partial charge in [0, 0.05) is 24.1 Å². The lowest BCUT2D eigenvalue weighted by molar-refractivity contribution is 0.0926. The summed E-state index contributed by atoms with van der Waals surface area (Å²) >= 11 is 0. The highest BCUT2D eigenvalue weighted by Gasteiger charge is 2.20. The van der Waals surface area contributed by atoms with Crippen LogP contribution < -0.4 is 15.8 Å². The maximum absolute atomic E-state index is 12.3. The number of nitrogens with one attached hydrogen (secondary N) is 1. The van der Waals surface area contributed by atoms with Crippen molar-refractivity contribution in [2.24, 2.45) is 5.73 Å². The van der Waals surface area contributed by atoms with Gasteiger partial charge in [0.2, 0.25) is 11.7 Å². The molecule has 1 aliphatic carbocycles. The molecule has 1 aromatic carbocycles. The number of aryl methyl sites for hydroxylation is 1. The number of ether oxygens (including phenoxy) is 1. The van der Waals surface area contributed by atoms with E-state index in [0.717, 1.165) is 25.7 Å². The van der Waals surface area contributed by atoms with Gasteiger partial charge < -0.3 is 20.3 Å². The van der Waals surface area contributed by atoms with Gasteiger partial charge in [-0.05, 0) is 49.9 Å². The van der Waals surface area contributed by atoms with Gasteiger partial charge in [-0.1, -0.05) is 12.1 Å². The number of rotatable bonds is 6. The van der Waals surface area contributed by atoms with Gasteiger partial charge in [0.05, 0.1) is 0 Å². The van der Waals surface area contributed by atoms with Crippen LogP contribution in [0.3, 0.4) is 0 Å². The third-order valence-corrected chi connectivity index (χ3v) is 4.40. The van der Waals surface area contributed by atoms with Crippen molar-refractivity contribution in [2.45, 2.75) is 57.7 Å². The molecule has 1 heterocycles. The number of nitrogens with two attached hydrogens (primary N) is 1. The highest BCUT2D eigenvalue weighted by molar-refractivity contribution is 5.94. The third-order valence-electron chi connectivity index (χ3n) is 4.40. The summed E-state index contributed by atoms with van der Waals surface area (Å²) < 4.78 is 10.6. The van der Waals surface area contributed by atoms with E-state index in [0.29, 0.717) is 29.4 Å². The molecule has 134 valence electrons. The zero-order valence-electron chi connectivity index (χ0n) is 14.4. The molecule has 0 aliphatic heterocycles. The first-order valence-corrected chi connectivity index (χ1v) is 8.75. The van der Waals surface area contributed by atoms with E-state index in [1.807, 2.05) is 6.92 Å². The first-order valence-electron chi connectivity index (χ1n) is 8.75. The lowest BCUT2D eigenvalue weighted by Crippen LogP contribution is -2.40. The Hall–Kier alpha value is -2.41. The minimum atomic E-state index is -0.0576. The molecule has 0 atom stereocenters. The number of aromatic nitrogens is 2. The molecule has 1 aliphatic rings. The van der Waals surface area contributed by atoms with Gasteiger partial charge in [-0.15, -0.1) is 0 Å². The SMILES string of the molecule is CCc1nc(COc2ccc(C(=O)NC3CCC(N)CC3)cc2)no1. The molecule has 7 heteroatoms. The van der Waals surface area contributed by atoms with Crippen LogP contribution in [0.15, 0.2) is 28.8 Å². The molecule has 0 unspecified atom stereocenters. The van der Waals surface area contributed by atoms with E-state index in [-0.39, 0.29) is 24.6 Å². The van der Waals surface area contributed by atoms with Crippen molar-refractivity contribution < 1.29 is 14.1 Å². The zero-order chi connectivity index (χ0) is 17.6. The van der Waals surface area contributed by atoms with Gasteiger partial charge in [0.15, 0.2) is 6.61 Å². The molecule has 1 fully saturated rings. The van der Waals surface area contributed by atoms with E-state index in [4.69, 9.17) is 15.0 Å². The summed E-state index contributed by atoms with van der Waals surface area (Å²) in [6.07, 6.45) is 4.52. The Kier molecular flexibility index (Phi) is 5.65. The maximum atomic E-state index is 12.3. The minimum Gasteiger partial charge on any atom is -0.485 e. The van der Waals surface area contributed by atoms with Crippen LogP contribution >= 0.6 is 0 Å². The summed E-state index contributed by atoms with van der Waals surface area (Å²) in [6.45, 7) is 2.18. The van der Waals surface area contributed by atoms with Gasteiger partial charge in [-0.25, -0.2) is 0 Å². The summed E-state index contributed by atoms with van der Waals surface area (Å²) in [7, 11) is 0. The molecular weight excluding hydrogens is 320 g/mol. The predicted molar refractivity (Wildman–Crippen MR) is 92.1 cm³/mol. The Balaban J connectivity index is 1.50. The van der Waals surface area contributed by atoms with Gasteiger partial charge in [-0.2, -0.15) is 4.98 Å². The second kappa shape index (κ2) is 8.11. The number of carbonyl (C=O) groups is 1. The van der Waals surface area contributed by atoms with E-state index in [2.05, 4.69) is 15.5 Å². The summed E-state index contributed by atoms with van der Waals surface area (Å²) in [5.41, 5.74) is 6.51. The Morgan fingerprint density at radius 2 is 2.00 bits per heavy atom. The van der Waals surface area contributed by atoms with Crippen LogP contribution in [0.4, 0.5) is 0 Å². The first kappa shape index (κ1) is 17.4. The number of benzene rings is 1. The fraction of sp³-hybridized carbons (Fsp3) is 0.500. The number of amides is 1. The summed E-state index contributed by atoms with van der Waals surface area (Å²) in [4.78, 5) is 16.5. The van der Waals surface area contributed by atoms with E-state index < -0.39 is 0 Å². The average molecular weight is 344 g/mol. The van der Waals surface area contributed by atoms with Crippen molar-refractivity contribution in [3.05, 3.63) is 41.5 Å². The standard InChI is InChI=1S/C18H24N4O3/c1-2-17-21-16(22-25-17)11-24-15-9-3-12(4-10-15)18(23)20-14-7-5-13(19)6-8-14/h3-4,9-10,13-14H,2,5-8,11,19H2,1H3,(H,20,23). The zero-order valence-corrected chi connectivity index (χ0v) is 14.4. The Morgan fingerprint density at radius 3 is 2.64 bits per heavy atom. The lowest BCUT2D eigenvalue weighted by Gasteiger charge is -2.26. The van der Waals surface area contributed by atoms with Crippen molar-refractivity contribution in [2.75, 3.05) is 0 Å². The van der Waals surface area contributed by atoms with E-state index >= 15 is 0 Å². The number of hydrogen-bond donors (Lipinski definition) is 2. The number of nitrogens with zero attached hydrogens (tertiary/aromatic N) is 2. The van der Waals surface area contributed by atoms with Gasteiger partial charge in [-0.3, -0.25) is 4.79 Å². The molecule has 1 aromatic heterocycles. The molecule has 3 N–H and O–H groups in total. The van der Waals surface area contributed by atoms with Crippen molar-refractivity contribution in [1.82, 2.24) is 15.5 Å². The van der Waals surface area contributed by atoms with Crippen molar-refractivity contribution in [3.8, 4) is 5.75 Å². The van der Waals surface area contributed by atoms with Gasteiger partial charge >= 0.3 is 0 Å². The van der Waals surface area contributed by atoms with Crippen LogP contribution in [0, 0.1) is 0 Å². The van der Waals surface area contributed by atoms with E-state index in [9.17, 15) is 4.79 Å². The second-order valence-electron chi connectivity index (χ2n) is 6.36. The third kappa shape index (κ3) is 4.79. The smallest absolute Gasteiger partial charge is 0.251 e. The summed E-state index contributed by atoms with van der Waals surface area (Å²) in [5.74, 6) is 1.70. The molecule has 25 heavy (non-hydrogen) atoms. The topological polar surface area (TPSA) is 103 Å². The van der Waals surface area contributed by atoms with Crippen LogP contribution in [0.2, 0.25) is 0 Å². The van der Waals surface area contributed by atoms with Crippen molar-refractivity contribution >= 4 is 5.91 Å². The van der Waals surface area contributed by atoms with Crippen LogP contribution in [0.5, 0.6) is 5.75 Å². The van der Waals surface area contributed by atoms with Gasteiger partial charge in [0.1, 0.15) is 5.75 Å². The summed E-state index contributed by atoms with van der Waals surface area (Å²) in [6, 6.07) is 7.55. The van der Waals surface area contributed by atoms with E-state index in [1.54, 1.807) is 24.3 Å². The van der Waals surface area contributed by atoms with Crippen LogP contribution in [-0.4, -0.2) is 28.1 Å². The predicted octanol–water partition coefficient (Wildman–Crippen LogP) is 2.21. The average Bonchev–Trinajstić information content (AvgIpc) is 3.10. The monoisotopic (exact) mass is 344 g/mol. The quantitative estimate of drug-likeness (QED) is 0.833. The largest absolute Gasteiger partial charge is 0.485 e. The maximum Gasteiger partial charge on any atom is 0.251 e.